The molecule has 4 aromatic rings. The van der Waals surface area contributed by atoms with Crippen LogP contribution in [0.3, 0.4) is 0 Å². The molecule has 166 valence electrons. The molecule has 0 aliphatic rings. The van der Waals surface area contributed by atoms with Crippen LogP contribution in [0.2, 0.25) is 0 Å². The van der Waals surface area contributed by atoms with Gasteiger partial charge in [0.1, 0.15) is 16.9 Å². The van der Waals surface area contributed by atoms with E-state index in [1.165, 1.54) is 41.2 Å². The summed E-state index contributed by atoms with van der Waals surface area (Å²) in [6, 6.07) is 6.96. The summed E-state index contributed by atoms with van der Waals surface area (Å²) in [6.07, 6.45) is 2.00. The van der Waals surface area contributed by atoms with Crippen LogP contribution in [-0.4, -0.2) is 39.2 Å². The van der Waals surface area contributed by atoms with Crippen LogP contribution in [0.25, 0.3) is 17.0 Å². The number of aromatic nitrogens is 5. The molecule has 32 heavy (non-hydrogen) atoms. The molecule has 0 bridgehead atoms. The summed E-state index contributed by atoms with van der Waals surface area (Å²) >= 11 is 0. The Bertz CT molecular complexity index is 1390. The van der Waals surface area contributed by atoms with E-state index in [1.54, 1.807) is 6.07 Å². The van der Waals surface area contributed by atoms with Crippen molar-refractivity contribution >= 4 is 27.1 Å². The van der Waals surface area contributed by atoms with E-state index in [9.17, 15) is 21.6 Å². The highest BCUT2D eigenvalue weighted by Gasteiger charge is 2.18. The molecule has 0 aliphatic heterocycles. The van der Waals surface area contributed by atoms with Gasteiger partial charge in [-0.3, -0.25) is 9.17 Å². The molecule has 0 saturated carbocycles. The molecule has 0 amide bonds. The Hall–Kier alpha value is -3.58. The van der Waals surface area contributed by atoms with Crippen LogP contribution in [-0.2, 0) is 20.9 Å². The van der Waals surface area contributed by atoms with Crippen molar-refractivity contribution in [3.63, 3.8) is 0 Å². The average molecular weight is 464 g/mol. The third-order valence-electron chi connectivity index (χ3n) is 4.27. The van der Waals surface area contributed by atoms with Crippen molar-refractivity contribution in [3.8, 4) is 11.5 Å². The number of fused-ring (bicyclic) bond motifs is 1. The predicted octanol–water partition coefficient (Wildman–Crippen LogP) is 3.48. The van der Waals surface area contributed by atoms with Crippen molar-refractivity contribution in [3.05, 3.63) is 66.0 Å². The van der Waals surface area contributed by atoms with E-state index in [0.717, 1.165) is 12.5 Å². The van der Waals surface area contributed by atoms with Crippen molar-refractivity contribution in [2.24, 2.45) is 0 Å². The Morgan fingerprint density at radius 2 is 2.00 bits per heavy atom. The van der Waals surface area contributed by atoms with Crippen LogP contribution < -0.4 is 5.32 Å². The second-order valence-corrected chi connectivity index (χ2v) is 8.26. The van der Waals surface area contributed by atoms with Gasteiger partial charge in [0.05, 0.1) is 24.7 Å². The lowest BCUT2D eigenvalue weighted by molar-refractivity contribution is 0.146. The minimum absolute atomic E-state index is 0.0110. The fourth-order valence-electron chi connectivity index (χ4n) is 2.87. The Labute approximate surface area is 180 Å². The maximum absolute atomic E-state index is 14.2. The number of hydrogen-bond acceptors (Lipinski definition) is 8. The largest absolute Gasteiger partial charge is 0.336 e. The average Bonchev–Trinajstić information content (AvgIpc) is 3.17. The van der Waals surface area contributed by atoms with Gasteiger partial charge in [-0.2, -0.15) is 8.42 Å². The minimum Gasteiger partial charge on any atom is -0.336 e. The molecule has 4 heterocycles. The number of rotatable bonds is 7. The molecule has 4 rings (SSSR count). The fraction of sp³-hybridized carbons (Fsp3) is 0.158. The summed E-state index contributed by atoms with van der Waals surface area (Å²) in [5.41, 5.74) is 0.366. The third-order valence-corrected chi connectivity index (χ3v) is 4.82. The summed E-state index contributed by atoms with van der Waals surface area (Å²) < 4.78 is 69.4. The number of anilines is 2. The Morgan fingerprint density at radius 1 is 1.19 bits per heavy atom. The molecule has 13 heteroatoms. The van der Waals surface area contributed by atoms with Crippen molar-refractivity contribution in [2.75, 3.05) is 11.6 Å². The van der Waals surface area contributed by atoms with Crippen LogP contribution in [0.5, 0.6) is 0 Å². The molecule has 0 fully saturated rings. The monoisotopic (exact) mass is 464 g/mol. The van der Waals surface area contributed by atoms with E-state index < -0.39 is 28.1 Å². The first-order valence-corrected chi connectivity index (χ1v) is 10.9. The quantitative estimate of drug-likeness (QED) is 0.414. The summed E-state index contributed by atoms with van der Waals surface area (Å²) in [4.78, 5) is 11.9. The Morgan fingerprint density at radius 3 is 2.72 bits per heavy atom. The normalized spacial score (nSPS) is 11.9. The number of pyridine rings is 2. The van der Waals surface area contributed by atoms with E-state index in [-0.39, 0.29) is 29.6 Å². The fourth-order valence-corrected chi connectivity index (χ4v) is 3.21. The van der Waals surface area contributed by atoms with E-state index in [0.29, 0.717) is 11.1 Å². The first-order valence-electron chi connectivity index (χ1n) is 9.06. The van der Waals surface area contributed by atoms with Gasteiger partial charge in [0, 0.05) is 18.0 Å². The van der Waals surface area contributed by atoms with Crippen LogP contribution in [0.15, 0.2) is 48.9 Å². The zero-order valence-electron chi connectivity index (χ0n) is 16.4. The molecular weight excluding hydrogens is 449 g/mol. The van der Waals surface area contributed by atoms with Gasteiger partial charge in [-0.25, -0.2) is 27.7 Å². The van der Waals surface area contributed by atoms with Gasteiger partial charge in [0.25, 0.3) is 16.5 Å². The van der Waals surface area contributed by atoms with Crippen molar-refractivity contribution in [1.82, 2.24) is 24.6 Å². The molecule has 0 radical (unpaired) electrons. The smallest absolute Gasteiger partial charge is 0.280 e. The lowest BCUT2D eigenvalue weighted by Gasteiger charge is -2.12. The van der Waals surface area contributed by atoms with Gasteiger partial charge in [-0.05, 0) is 24.3 Å². The minimum atomic E-state index is -3.73. The lowest BCUT2D eigenvalue weighted by Crippen LogP contribution is -2.08. The van der Waals surface area contributed by atoms with Crippen LogP contribution >= 0.6 is 0 Å². The summed E-state index contributed by atoms with van der Waals surface area (Å²) in [6.45, 7) is -0.315. The van der Waals surface area contributed by atoms with Crippen molar-refractivity contribution in [1.29, 1.82) is 0 Å². The van der Waals surface area contributed by atoms with Gasteiger partial charge in [0.15, 0.2) is 11.6 Å². The number of hydrogen-bond donors (Lipinski definition) is 1. The molecule has 0 unspecified atom stereocenters. The molecule has 0 atom stereocenters. The SMILES string of the molecule is CS(=O)(=O)OCc1ccn2nc(-c3cccc(C(F)F)n3)nc(Nc3ccncc3F)c12. The Balaban J connectivity index is 1.86. The predicted molar refractivity (Wildman–Crippen MR) is 108 cm³/mol. The van der Waals surface area contributed by atoms with Gasteiger partial charge >= 0.3 is 0 Å². The van der Waals surface area contributed by atoms with E-state index in [2.05, 4.69) is 25.4 Å². The first-order chi connectivity index (χ1) is 15.2. The second-order valence-electron chi connectivity index (χ2n) is 6.61. The zero-order chi connectivity index (χ0) is 22.9. The molecule has 0 saturated heterocycles. The highest BCUT2D eigenvalue weighted by molar-refractivity contribution is 7.85. The molecule has 1 N–H and O–H groups in total. The standard InChI is InChI=1S/C19H15F3N6O3S/c1-32(29,30)31-10-11-6-8-28-16(11)19(25-13-5-7-23-9-12(13)20)26-18(27-28)15-4-2-3-14(24-15)17(21)22/h2-9,17H,10H2,1H3,(H,23,25,26,27). The van der Waals surface area contributed by atoms with Gasteiger partial charge in [0.2, 0.25) is 5.82 Å². The third kappa shape index (κ3) is 4.68. The van der Waals surface area contributed by atoms with Gasteiger partial charge in [-0.15, -0.1) is 5.10 Å². The van der Waals surface area contributed by atoms with E-state index >= 15 is 0 Å². The molecule has 0 aromatic carbocycles. The number of nitrogens with one attached hydrogen (secondary N) is 1. The topological polar surface area (TPSA) is 111 Å². The van der Waals surface area contributed by atoms with Gasteiger partial charge in [-0.1, -0.05) is 6.07 Å². The molecule has 4 aromatic heterocycles. The number of alkyl halides is 2. The van der Waals surface area contributed by atoms with E-state index in [1.807, 2.05) is 0 Å². The van der Waals surface area contributed by atoms with Crippen molar-refractivity contribution < 1.29 is 25.8 Å². The number of nitrogens with zero attached hydrogens (tertiary/aromatic N) is 5. The highest BCUT2D eigenvalue weighted by Crippen LogP contribution is 2.28. The zero-order valence-corrected chi connectivity index (χ0v) is 17.2. The first kappa shape index (κ1) is 21.6. The van der Waals surface area contributed by atoms with E-state index in [4.69, 9.17) is 4.18 Å². The van der Waals surface area contributed by atoms with Crippen LogP contribution in [0.4, 0.5) is 24.7 Å². The van der Waals surface area contributed by atoms with Crippen LogP contribution in [0, 0.1) is 5.82 Å². The molecule has 9 nitrogen and oxygen atoms in total. The maximum Gasteiger partial charge on any atom is 0.280 e. The second kappa shape index (κ2) is 8.51. The summed E-state index contributed by atoms with van der Waals surface area (Å²) in [5.74, 6) is -0.589. The van der Waals surface area contributed by atoms with Crippen molar-refractivity contribution in [2.45, 2.75) is 13.0 Å². The Kier molecular flexibility index (Phi) is 5.76. The highest BCUT2D eigenvalue weighted by atomic mass is 32.2. The number of halogens is 3. The molecule has 0 spiro atoms. The molecule has 0 aliphatic carbocycles. The molecular formula is C19H15F3N6O3S. The maximum atomic E-state index is 14.2. The van der Waals surface area contributed by atoms with Crippen LogP contribution in [0.1, 0.15) is 17.7 Å². The lowest BCUT2D eigenvalue weighted by atomic mass is 10.2. The van der Waals surface area contributed by atoms with Gasteiger partial charge < -0.3 is 5.32 Å². The summed E-state index contributed by atoms with van der Waals surface area (Å²) in [5, 5.41) is 7.10. The summed E-state index contributed by atoms with van der Waals surface area (Å²) in [7, 11) is -3.73.